The number of isocyanates is 1. The van der Waals surface area contributed by atoms with Gasteiger partial charge >= 0.3 is 14.8 Å². The minimum Gasteiger partial charge on any atom is -0.374 e. The van der Waals surface area contributed by atoms with E-state index in [1.807, 2.05) is 63.2 Å². The molecule has 0 bridgehead atoms. The smallest absolute Gasteiger partial charge is 0.374 e. The lowest BCUT2D eigenvalue weighted by atomic mass is 10.0. The SMILES string of the molecule is CCO[Si](CCCNC(=O)Nc1ccccc1Cc1ccccc1N=C=O)(OCC)OCC. The Morgan fingerprint density at radius 2 is 1.55 bits per heavy atom. The predicted octanol–water partition coefficient (Wildman–Crippen LogP) is 4.80. The van der Waals surface area contributed by atoms with E-state index < -0.39 is 8.80 Å². The molecule has 0 radical (unpaired) electrons. The van der Waals surface area contributed by atoms with E-state index in [1.165, 1.54) is 0 Å². The number of hydrogen-bond acceptors (Lipinski definition) is 6. The fourth-order valence-corrected chi connectivity index (χ4v) is 6.11. The van der Waals surface area contributed by atoms with Crippen LogP contribution in [0.15, 0.2) is 53.5 Å². The Morgan fingerprint density at radius 3 is 2.18 bits per heavy atom. The zero-order valence-electron chi connectivity index (χ0n) is 19.6. The molecule has 2 aromatic carbocycles. The summed E-state index contributed by atoms with van der Waals surface area (Å²) in [4.78, 5) is 27.0. The third-order valence-corrected chi connectivity index (χ3v) is 7.99. The van der Waals surface area contributed by atoms with E-state index in [9.17, 15) is 9.59 Å². The van der Waals surface area contributed by atoms with Gasteiger partial charge in [0.05, 0.1) is 5.69 Å². The van der Waals surface area contributed by atoms with Gasteiger partial charge in [0.1, 0.15) is 0 Å². The zero-order valence-corrected chi connectivity index (χ0v) is 20.6. The van der Waals surface area contributed by atoms with Crippen LogP contribution in [-0.2, 0) is 24.5 Å². The zero-order chi connectivity index (χ0) is 23.9. The molecule has 2 aromatic rings. The Bertz CT molecular complexity index is 917. The molecule has 0 unspecified atom stereocenters. The molecule has 2 N–H and O–H groups in total. The summed E-state index contributed by atoms with van der Waals surface area (Å²) in [5.41, 5.74) is 3.05. The first-order valence-electron chi connectivity index (χ1n) is 11.3. The van der Waals surface area contributed by atoms with Gasteiger partial charge in [0, 0.05) is 44.5 Å². The normalized spacial score (nSPS) is 11.0. The molecule has 178 valence electrons. The second-order valence-electron chi connectivity index (χ2n) is 7.13. The van der Waals surface area contributed by atoms with Crippen molar-refractivity contribution in [3.8, 4) is 0 Å². The van der Waals surface area contributed by atoms with Crippen molar-refractivity contribution >= 4 is 32.3 Å². The molecule has 33 heavy (non-hydrogen) atoms. The van der Waals surface area contributed by atoms with Gasteiger partial charge in [-0.1, -0.05) is 36.4 Å². The average Bonchev–Trinajstić information content (AvgIpc) is 2.80. The molecular weight excluding hydrogens is 438 g/mol. The molecule has 0 aromatic heterocycles. The molecule has 9 heteroatoms. The summed E-state index contributed by atoms with van der Waals surface area (Å²) < 4.78 is 17.5. The molecule has 2 amide bonds. The number of aliphatic imine (C=N–C) groups is 1. The van der Waals surface area contributed by atoms with Crippen molar-refractivity contribution in [3.63, 3.8) is 0 Å². The van der Waals surface area contributed by atoms with Crippen LogP contribution in [0.25, 0.3) is 0 Å². The molecule has 0 aliphatic carbocycles. The lowest BCUT2D eigenvalue weighted by molar-refractivity contribution is 0.0708. The quantitative estimate of drug-likeness (QED) is 0.178. The molecule has 0 atom stereocenters. The highest BCUT2D eigenvalue weighted by atomic mass is 28.4. The number of para-hydroxylation sites is 2. The lowest BCUT2D eigenvalue weighted by Gasteiger charge is -2.28. The number of nitrogens with one attached hydrogen (secondary N) is 2. The summed E-state index contributed by atoms with van der Waals surface area (Å²) in [6.45, 7) is 7.81. The predicted molar refractivity (Wildman–Crippen MR) is 131 cm³/mol. The van der Waals surface area contributed by atoms with Crippen molar-refractivity contribution < 1.29 is 22.9 Å². The highest BCUT2D eigenvalue weighted by Crippen LogP contribution is 2.25. The van der Waals surface area contributed by atoms with Crippen molar-refractivity contribution in [2.24, 2.45) is 4.99 Å². The largest absolute Gasteiger partial charge is 0.500 e. The van der Waals surface area contributed by atoms with Crippen LogP contribution in [0.2, 0.25) is 6.04 Å². The number of rotatable bonds is 14. The number of carbonyl (C=O) groups excluding carboxylic acids is 2. The number of hydrogen-bond donors (Lipinski definition) is 2. The van der Waals surface area contributed by atoms with Crippen molar-refractivity contribution in [3.05, 3.63) is 59.7 Å². The molecule has 0 saturated heterocycles. The summed E-state index contributed by atoms with van der Waals surface area (Å²) >= 11 is 0. The maximum absolute atomic E-state index is 12.5. The van der Waals surface area contributed by atoms with Gasteiger partial charge in [-0.15, -0.1) is 0 Å². The van der Waals surface area contributed by atoms with Crippen LogP contribution >= 0.6 is 0 Å². The monoisotopic (exact) mass is 471 g/mol. The second-order valence-corrected chi connectivity index (χ2v) is 9.86. The number of nitrogens with zero attached hydrogens (tertiary/aromatic N) is 1. The molecule has 0 spiro atoms. The molecule has 0 aliphatic heterocycles. The molecule has 0 aliphatic rings. The standard InChI is InChI=1S/C24H33N3O5Si/c1-4-30-33(31-5-2,32-6-3)17-11-16-25-24(29)27-23-15-10-8-13-21(23)18-20-12-7-9-14-22(20)26-19-28/h7-10,12-15H,4-6,11,16-18H2,1-3H3,(H2,25,27,29). The van der Waals surface area contributed by atoms with Gasteiger partial charge in [-0.05, 0) is 50.5 Å². The van der Waals surface area contributed by atoms with Crippen molar-refractivity contribution in [1.82, 2.24) is 5.32 Å². The summed E-state index contributed by atoms with van der Waals surface area (Å²) in [6, 6.07) is 15.3. The molecular formula is C24H33N3O5Si. The van der Waals surface area contributed by atoms with E-state index in [0.717, 1.165) is 11.1 Å². The van der Waals surface area contributed by atoms with Gasteiger partial charge in [-0.3, -0.25) is 0 Å². The Labute approximate surface area is 196 Å². The Balaban J connectivity index is 1.95. The Hall–Kier alpha value is -2.81. The van der Waals surface area contributed by atoms with Gasteiger partial charge in [-0.2, -0.15) is 4.99 Å². The van der Waals surface area contributed by atoms with Crippen molar-refractivity contribution in [1.29, 1.82) is 0 Å². The van der Waals surface area contributed by atoms with E-state index in [2.05, 4.69) is 15.6 Å². The van der Waals surface area contributed by atoms with Crippen LogP contribution in [0.5, 0.6) is 0 Å². The molecule has 8 nitrogen and oxygen atoms in total. The molecule has 2 rings (SSSR count). The summed E-state index contributed by atoms with van der Waals surface area (Å²) in [5, 5.41) is 5.80. The fourth-order valence-electron chi connectivity index (χ4n) is 3.49. The molecule has 0 saturated carbocycles. The van der Waals surface area contributed by atoms with E-state index in [4.69, 9.17) is 13.3 Å². The Kier molecular flexibility index (Phi) is 11.5. The minimum absolute atomic E-state index is 0.293. The van der Waals surface area contributed by atoms with E-state index in [1.54, 1.807) is 12.1 Å². The van der Waals surface area contributed by atoms with Gasteiger partial charge < -0.3 is 23.9 Å². The number of anilines is 1. The van der Waals surface area contributed by atoms with Crippen molar-refractivity contribution in [2.75, 3.05) is 31.7 Å². The third kappa shape index (κ3) is 8.56. The first-order valence-corrected chi connectivity index (χ1v) is 13.2. The van der Waals surface area contributed by atoms with Gasteiger partial charge in [0.25, 0.3) is 0 Å². The van der Waals surface area contributed by atoms with Gasteiger partial charge in [0.2, 0.25) is 6.08 Å². The van der Waals surface area contributed by atoms with Crippen LogP contribution in [0.3, 0.4) is 0 Å². The summed E-state index contributed by atoms with van der Waals surface area (Å²) in [6.07, 6.45) is 2.79. The first kappa shape index (κ1) is 26.4. The van der Waals surface area contributed by atoms with Crippen LogP contribution in [-0.4, -0.2) is 47.3 Å². The van der Waals surface area contributed by atoms with Crippen LogP contribution in [0, 0.1) is 0 Å². The maximum atomic E-state index is 12.5. The molecule has 0 heterocycles. The van der Waals surface area contributed by atoms with Gasteiger partial charge in [0.15, 0.2) is 0 Å². The summed E-state index contributed by atoms with van der Waals surface area (Å²) in [7, 11) is -2.71. The topological polar surface area (TPSA) is 98.2 Å². The highest BCUT2D eigenvalue weighted by Gasteiger charge is 2.39. The number of carbonyl (C=O) groups is 1. The Morgan fingerprint density at radius 1 is 0.939 bits per heavy atom. The van der Waals surface area contributed by atoms with Gasteiger partial charge in [-0.25, -0.2) is 9.59 Å². The molecule has 0 fully saturated rings. The second kappa shape index (κ2) is 14.4. The lowest BCUT2D eigenvalue weighted by Crippen LogP contribution is -2.46. The number of urea groups is 1. The number of amides is 2. The highest BCUT2D eigenvalue weighted by molar-refractivity contribution is 6.60. The van der Waals surface area contributed by atoms with E-state index >= 15 is 0 Å². The summed E-state index contributed by atoms with van der Waals surface area (Å²) in [5.74, 6) is 0. The van der Waals surface area contributed by atoms with E-state index in [0.29, 0.717) is 56.6 Å². The van der Waals surface area contributed by atoms with Crippen LogP contribution < -0.4 is 10.6 Å². The van der Waals surface area contributed by atoms with Crippen LogP contribution in [0.1, 0.15) is 38.3 Å². The average molecular weight is 472 g/mol. The van der Waals surface area contributed by atoms with Crippen LogP contribution in [0.4, 0.5) is 16.2 Å². The first-order chi connectivity index (χ1) is 16.1. The third-order valence-electron chi connectivity index (χ3n) is 4.84. The van der Waals surface area contributed by atoms with E-state index in [-0.39, 0.29) is 6.03 Å². The maximum Gasteiger partial charge on any atom is 0.500 e. The fraction of sp³-hybridized carbons (Fsp3) is 0.417. The van der Waals surface area contributed by atoms with Crippen molar-refractivity contribution in [2.45, 2.75) is 39.7 Å². The minimum atomic E-state index is -2.71. The number of benzene rings is 2.